The Bertz CT molecular complexity index is 1070. The van der Waals surface area contributed by atoms with Crippen molar-refractivity contribution in [3.05, 3.63) is 82.3 Å². The molecule has 0 aliphatic carbocycles. The summed E-state index contributed by atoms with van der Waals surface area (Å²) in [5.41, 5.74) is 1.23. The highest BCUT2D eigenvalue weighted by atomic mass is 32.1. The van der Waals surface area contributed by atoms with Crippen LogP contribution in [0.15, 0.2) is 66.0 Å². The molecule has 1 aliphatic heterocycles. The van der Waals surface area contributed by atoms with E-state index in [1.807, 2.05) is 11.4 Å². The molecule has 1 aromatic heterocycles. The van der Waals surface area contributed by atoms with Crippen LogP contribution in [0.5, 0.6) is 0 Å². The van der Waals surface area contributed by atoms with Crippen molar-refractivity contribution < 1.29 is 18.7 Å². The van der Waals surface area contributed by atoms with Crippen LogP contribution in [-0.2, 0) is 16.1 Å². The third-order valence-electron chi connectivity index (χ3n) is 5.36. The average Bonchev–Trinajstić information content (AvgIpc) is 3.50. The summed E-state index contributed by atoms with van der Waals surface area (Å²) in [4.78, 5) is 29.0. The number of hydrogen-bond acceptors (Lipinski definition) is 5. The van der Waals surface area contributed by atoms with Gasteiger partial charge >= 0.3 is 0 Å². The van der Waals surface area contributed by atoms with Crippen molar-refractivity contribution in [2.24, 2.45) is 0 Å². The number of hydrogen-bond donors (Lipinski definition) is 2. The van der Waals surface area contributed by atoms with E-state index in [1.54, 1.807) is 35.6 Å². The summed E-state index contributed by atoms with van der Waals surface area (Å²) < 4.78 is 18.9. The SMILES string of the molecule is O=C(CN(Cc1cccs1)C[C@H]1CCCO1)Nc1ccccc1C(=O)Nc1ccc(F)cc1. The van der Waals surface area contributed by atoms with Gasteiger partial charge in [-0.3, -0.25) is 14.5 Å². The molecule has 0 unspecified atom stereocenters. The van der Waals surface area contributed by atoms with Gasteiger partial charge in [-0.15, -0.1) is 11.3 Å². The van der Waals surface area contributed by atoms with E-state index < -0.39 is 0 Å². The molecule has 2 amide bonds. The zero-order valence-electron chi connectivity index (χ0n) is 18.1. The normalized spacial score (nSPS) is 15.5. The Morgan fingerprint density at radius 3 is 2.61 bits per heavy atom. The number of para-hydroxylation sites is 1. The number of halogens is 1. The minimum atomic E-state index is -0.382. The Balaban J connectivity index is 1.42. The Morgan fingerprint density at radius 2 is 1.88 bits per heavy atom. The van der Waals surface area contributed by atoms with E-state index in [0.29, 0.717) is 30.0 Å². The minimum Gasteiger partial charge on any atom is -0.377 e. The zero-order valence-corrected chi connectivity index (χ0v) is 18.9. The van der Waals surface area contributed by atoms with E-state index in [2.05, 4.69) is 21.6 Å². The fraction of sp³-hybridized carbons (Fsp3) is 0.280. The van der Waals surface area contributed by atoms with Gasteiger partial charge in [0.2, 0.25) is 5.91 Å². The molecule has 172 valence electrons. The molecule has 2 N–H and O–H groups in total. The maximum absolute atomic E-state index is 13.1. The number of benzene rings is 2. The van der Waals surface area contributed by atoms with Crippen molar-refractivity contribution >= 4 is 34.5 Å². The first-order valence-corrected chi connectivity index (χ1v) is 11.8. The number of thiophene rings is 1. The van der Waals surface area contributed by atoms with Crippen LogP contribution in [0.1, 0.15) is 28.1 Å². The number of amides is 2. The number of rotatable bonds is 9. The molecule has 2 aromatic carbocycles. The predicted octanol–water partition coefficient (Wildman–Crippen LogP) is 4.76. The molecule has 0 spiro atoms. The summed E-state index contributed by atoms with van der Waals surface area (Å²) >= 11 is 1.66. The van der Waals surface area contributed by atoms with E-state index in [0.717, 1.165) is 19.4 Å². The van der Waals surface area contributed by atoms with Crippen molar-refractivity contribution in [3.8, 4) is 0 Å². The standard InChI is InChI=1S/C25H26FN3O3S/c26-18-9-11-19(12-10-18)27-25(31)22-7-1-2-8-23(22)28-24(30)17-29(15-20-5-3-13-32-20)16-21-6-4-14-33-21/h1-2,4,6-12,14,20H,3,5,13,15-17H2,(H,27,31)(H,28,30)/t20-/m1/s1. The Labute approximate surface area is 196 Å². The lowest BCUT2D eigenvalue weighted by Crippen LogP contribution is -2.38. The Hall–Kier alpha value is -3.07. The molecule has 1 fully saturated rings. The van der Waals surface area contributed by atoms with E-state index in [9.17, 15) is 14.0 Å². The second kappa shape index (κ2) is 11.2. The van der Waals surface area contributed by atoms with Gasteiger partial charge in [-0.1, -0.05) is 18.2 Å². The van der Waals surface area contributed by atoms with E-state index >= 15 is 0 Å². The topological polar surface area (TPSA) is 70.7 Å². The molecule has 6 nitrogen and oxygen atoms in total. The summed E-state index contributed by atoms with van der Waals surface area (Å²) in [5.74, 6) is -0.963. The summed E-state index contributed by atoms with van der Waals surface area (Å²) in [6.45, 7) is 2.29. The quantitative estimate of drug-likeness (QED) is 0.476. The minimum absolute atomic E-state index is 0.131. The fourth-order valence-electron chi connectivity index (χ4n) is 3.80. The maximum atomic E-state index is 13.1. The highest BCUT2D eigenvalue weighted by Gasteiger charge is 2.22. The smallest absolute Gasteiger partial charge is 0.257 e. The molecule has 0 radical (unpaired) electrons. The van der Waals surface area contributed by atoms with Gasteiger partial charge in [0, 0.05) is 30.3 Å². The number of carbonyl (C=O) groups excluding carboxylic acids is 2. The van der Waals surface area contributed by atoms with E-state index in [1.165, 1.54) is 29.1 Å². The number of nitrogens with one attached hydrogen (secondary N) is 2. The van der Waals surface area contributed by atoms with Crippen molar-refractivity contribution in [1.29, 1.82) is 0 Å². The maximum Gasteiger partial charge on any atom is 0.257 e. The van der Waals surface area contributed by atoms with Crippen molar-refractivity contribution in [3.63, 3.8) is 0 Å². The first-order chi connectivity index (χ1) is 16.1. The molecule has 1 atom stereocenters. The van der Waals surface area contributed by atoms with Crippen molar-refractivity contribution in [2.75, 3.05) is 30.3 Å². The van der Waals surface area contributed by atoms with Crippen LogP contribution in [0.3, 0.4) is 0 Å². The molecule has 0 bridgehead atoms. The molecule has 3 aromatic rings. The Kier molecular flexibility index (Phi) is 7.83. The van der Waals surface area contributed by atoms with Crippen molar-refractivity contribution in [2.45, 2.75) is 25.5 Å². The second-order valence-electron chi connectivity index (χ2n) is 7.94. The van der Waals surface area contributed by atoms with Gasteiger partial charge < -0.3 is 15.4 Å². The highest BCUT2D eigenvalue weighted by Crippen LogP contribution is 2.20. The van der Waals surface area contributed by atoms with Gasteiger partial charge in [-0.25, -0.2) is 4.39 Å². The number of anilines is 2. The summed E-state index contributed by atoms with van der Waals surface area (Å²) in [6, 6.07) is 16.4. The summed E-state index contributed by atoms with van der Waals surface area (Å²) in [5, 5.41) is 7.64. The van der Waals surface area contributed by atoms with Crippen LogP contribution < -0.4 is 10.6 Å². The molecule has 0 saturated carbocycles. The van der Waals surface area contributed by atoms with Gasteiger partial charge in [0.15, 0.2) is 0 Å². The van der Waals surface area contributed by atoms with Gasteiger partial charge in [0.1, 0.15) is 5.82 Å². The first kappa shape index (κ1) is 23.1. The van der Waals surface area contributed by atoms with Gasteiger partial charge in [-0.2, -0.15) is 0 Å². The van der Waals surface area contributed by atoms with Crippen LogP contribution >= 0.6 is 11.3 Å². The summed E-state index contributed by atoms with van der Waals surface area (Å²) in [6.07, 6.45) is 2.17. The number of ether oxygens (including phenoxy) is 1. The van der Waals surface area contributed by atoms with E-state index in [-0.39, 0.29) is 30.3 Å². The largest absolute Gasteiger partial charge is 0.377 e. The molecular formula is C25H26FN3O3S. The number of carbonyl (C=O) groups is 2. The van der Waals surface area contributed by atoms with Crippen LogP contribution in [0.2, 0.25) is 0 Å². The zero-order chi connectivity index (χ0) is 23.0. The number of nitrogens with zero attached hydrogens (tertiary/aromatic N) is 1. The van der Waals surface area contributed by atoms with Crippen LogP contribution in [0, 0.1) is 5.82 Å². The van der Waals surface area contributed by atoms with Gasteiger partial charge in [0.25, 0.3) is 5.91 Å². The lowest BCUT2D eigenvalue weighted by Gasteiger charge is -2.24. The van der Waals surface area contributed by atoms with Gasteiger partial charge in [-0.05, 0) is 60.7 Å². The summed E-state index contributed by atoms with van der Waals surface area (Å²) in [7, 11) is 0. The lowest BCUT2D eigenvalue weighted by atomic mass is 10.1. The van der Waals surface area contributed by atoms with Crippen LogP contribution in [0.4, 0.5) is 15.8 Å². The van der Waals surface area contributed by atoms with E-state index in [4.69, 9.17) is 4.74 Å². The fourth-order valence-corrected chi connectivity index (χ4v) is 4.55. The predicted molar refractivity (Wildman–Crippen MR) is 128 cm³/mol. The van der Waals surface area contributed by atoms with Crippen LogP contribution in [0.25, 0.3) is 0 Å². The second-order valence-corrected chi connectivity index (χ2v) is 8.97. The monoisotopic (exact) mass is 467 g/mol. The van der Waals surface area contributed by atoms with Crippen molar-refractivity contribution in [1.82, 2.24) is 4.90 Å². The average molecular weight is 468 g/mol. The molecule has 4 rings (SSSR count). The van der Waals surface area contributed by atoms with Gasteiger partial charge in [0.05, 0.1) is 23.9 Å². The Morgan fingerprint density at radius 1 is 1.06 bits per heavy atom. The molecule has 1 aliphatic rings. The first-order valence-electron chi connectivity index (χ1n) is 10.9. The lowest BCUT2D eigenvalue weighted by molar-refractivity contribution is -0.117. The molecule has 33 heavy (non-hydrogen) atoms. The van der Waals surface area contributed by atoms with Crippen LogP contribution in [-0.4, -0.2) is 42.5 Å². The molecule has 8 heteroatoms. The third-order valence-corrected chi connectivity index (χ3v) is 6.22. The molecule has 1 saturated heterocycles. The molecular weight excluding hydrogens is 441 g/mol. The molecule has 2 heterocycles. The third kappa shape index (κ3) is 6.71. The highest BCUT2D eigenvalue weighted by molar-refractivity contribution is 7.09.